The van der Waals surface area contributed by atoms with Crippen LogP contribution in [0, 0.1) is 5.92 Å². The van der Waals surface area contributed by atoms with Crippen LogP contribution in [0.3, 0.4) is 0 Å². The van der Waals surface area contributed by atoms with E-state index in [1.807, 2.05) is 42.7 Å². The zero-order chi connectivity index (χ0) is 29.1. The molecule has 2 N–H and O–H groups in total. The molecule has 0 saturated heterocycles. The number of hydrogen-bond donors (Lipinski definition) is 2. The van der Waals surface area contributed by atoms with E-state index in [1.165, 1.54) is 5.69 Å². The first-order chi connectivity index (χ1) is 18.3. The first-order valence-electron chi connectivity index (χ1n) is 11.0. The normalized spacial score (nSPS) is 15.0. The third-order valence-corrected chi connectivity index (χ3v) is 4.86. The molecule has 0 spiro atoms. The molecule has 3 aromatic heterocycles. The summed E-state index contributed by atoms with van der Waals surface area (Å²) < 4.78 is 71.5. The maximum absolute atomic E-state index is 10.6. The lowest BCUT2D eigenvalue weighted by molar-refractivity contribution is -0.193. The average Bonchev–Trinajstić information content (AvgIpc) is 3.23. The second kappa shape index (κ2) is 14.1. The van der Waals surface area contributed by atoms with E-state index in [9.17, 15) is 26.3 Å². The summed E-state index contributed by atoms with van der Waals surface area (Å²) in [5, 5.41) is 18.7. The van der Waals surface area contributed by atoms with Crippen molar-refractivity contribution >= 4 is 17.8 Å². The van der Waals surface area contributed by atoms with Crippen LogP contribution < -0.4 is 4.90 Å². The van der Waals surface area contributed by atoms with Gasteiger partial charge in [-0.15, -0.1) is 0 Å². The first-order valence-corrected chi connectivity index (χ1v) is 11.0. The lowest BCUT2D eigenvalue weighted by Crippen LogP contribution is -2.30. The van der Waals surface area contributed by atoms with E-state index < -0.39 is 24.3 Å². The highest BCUT2D eigenvalue weighted by Gasteiger charge is 2.38. The number of carboxylic acids is 2. The van der Waals surface area contributed by atoms with E-state index in [1.54, 1.807) is 6.20 Å². The molecule has 4 heterocycles. The van der Waals surface area contributed by atoms with Crippen LogP contribution >= 0.6 is 0 Å². The quantitative estimate of drug-likeness (QED) is 0.445. The summed E-state index contributed by atoms with van der Waals surface area (Å²) in [6, 6.07) is 14.0. The number of aromatic nitrogens is 4. The lowest BCUT2D eigenvalue weighted by atomic mass is 10.1. The number of nitrogens with zero attached hydrogens (tertiary/aromatic N) is 5. The van der Waals surface area contributed by atoms with Gasteiger partial charge in [-0.3, -0.25) is 9.67 Å². The van der Waals surface area contributed by atoms with Crippen LogP contribution in [0.25, 0.3) is 0 Å². The van der Waals surface area contributed by atoms with Gasteiger partial charge in [0, 0.05) is 37.6 Å². The highest BCUT2D eigenvalue weighted by Crippen LogP contribution is 2.21. The van der Waals surface area contributed by atoms with Gasteiger partial charge in [0.15, 0.2) is 0 Å². The van der Waals surface area contributed by atoms with E-state index in [2.05, 4.69) is 36.8 Å². The maximum atomic E-state index is 10.6. The van der Waals surface area contributed by atoms with Gasteiger partial charge in [0.2, 0.25) is 0 Å². The summed E-state index contributed by atoms with van der Waals surface area (Å²) >= 11 is 0. The molecule has 0 saturated carbocycles. The number of pyridine rings is 2. The van der Waals surface area contributed by atoms with Crippen molar-refractivity contribution in [1.82, 2.24) is 19.7 Å². The Hall–Kier alpha value is -4.21. The fourth-order valence-corrected chi connectivity index (χ4v) is 3.17. The van der Waals surface area contributed by atoms with Crippen LogP contribution in [-0.4, -0.2) is 67.4 Å². The molecule has 16 heteroatoms. The second-order valence-electron chi connectivity index (χ2n) is 7.88. The number of halogens is 6. The summed E-state index contributed by atoms with van der Waals surface area (Å²) in [5.74, 6) is -4.18. The summed E-state index contributed by atoms with van der Waals surface area (Å²) in [7, 11) is 0. The van der Waals surface area contributed by atoms with E-state index in [-0.39, 0.29) is 0 Å². The number of alkyl halides is 6. The Kier molecular flexibility index (Phi) is 11.2. The topological polar surface area (TPSA) is 131 Å². The number of carboxylic acid groups (broad SMARTS) is 2. The van der Waals surface area contributed by atoms with Gasteiger partial charge in [0.05, 0.1) is 31.1 Å². The first kappa shape index (κ1) is 31.0. The summed E-state index contributed by atoms with van der Waals surface area (Å²) in [4.78, 5) is 28.9. The number of aliphatic carboxylic acids is 2. The fourth-order valence-electron chi connectivity index (χ4n) is 3.17. The van der Waals surface area contributed by atoms with Crippen LogP contribution in [-0.2, 0) is 34.0 Å². The summed E-state index contributed by atoms with van der Waals surface area (Å²) in [6.07, 6.45) is -4.67. The molecule has 1 unspecified atom stereocenters. The van der Waals surface area contributed by atoms with Crippen molar-refractivity contribution in [1.29, 1.82) is 0 Å². The monoisotopic (exact) mass is 563 g/mol. The molecule has 1 aliphatic heterocycles. The van der Waals surface area contributed by atoms with Crippen molar-refractivity contribution in [3.05, 3.63) is 72.4 Å². The molecule has 3 aromatic rings. The van der Waals surface area contributed by atoms with Crippen LogP contribution in [0.5, 0.6) is 0 Å². The van der Waals surface area contributed by atoms with Gasteiger partial charge in [0.1, 0.15) is 5.82 Å². The third-order valence-electron chi connectivity index (χ3n) is 4.86. The van der Waals surface area contributed by atoms with Crippen molar-refractivity contribution in [3.63, 3.8) is 0 Å². The van der Waals surface area contributed by atoms with Gasteiger partial charge in [-0.2, -0.15) is 31.4 Å². The number of fused-ring (bicyclic) bond motifs is 1. The minimum Gasteiger partial charge on any atom is -0.475 e. The van der Waals surface area contributed by atoms with E-state index in [0.717, 1.165) is 31.1 Å². The van der Waals surface area contributed by atoms with Crippen molar-refractivity contribution in [2.24, 2.45) is 5.92 Å². The lowest BCUT2D eigenvalue weighted by Gasteiger charge is -2.24. The Labute approximate surface area is 217 Å². The number of ether oxygens (including phenoxy) is 1. The number of anilines is 1. The van der Waals surface area contributed by atoms with Gasteiger partial charge >= 0.3 is 24.3 Å². The Morgan fingerprint density at radius 1 is 0.872 bits per heavy atom. The molecule has 1 atom stereocenters. The molecule has 0 aliphatic carbocycles. The molecule has 212 valence electrons. The second-order valence-corrected chi connectivity index (χ2v) is 7.88. The van der Waals surface area contributed by atoms with Crippen LogP contribution in [0.15, 0.2) is 61.1 Å². The molecule has 4 rings (SSSR count). The number of hydrogen-bond acceptors (Lipinski definition) is 7. The van der Waals surface area contributed by atoms with Gasteiger partial charge in [-0.25, -0.2) is 14.6 Å². The minimum absolute atomic E-state index is 0.340. The molecular weight excluding hydrogens is 540 g/mol. The molecular formula is C23H23F6N5O5. The average molecular weight is 563 g/mol. The highest BCUT2D eigenvalue weighted by atomic mass is 19.4. The fraction of sp³-hybridized carbons (Fsp3) is 0.348. The maximum Gasteiger partial charge on any atom is 0.490 e. The SMILES string of the molecule is O=C(O)C(F)(F)F.O=C(O)C(F)(F)F.c1ccc(COCC2CN(c3ccccn3)Cc3ccnn3C2)nc1. The predicted molar refractivity (Wildman–Crippen MR) is 122 cm³/mol. The molecule has 0 radical (unpaired) electrons. The smallest absolute Gasteiger partial charge is 0.475 e. The van der Waals surface area contributed by atoms with Gasteiger partial charge in [0.25, 0.3) is 0 Å². The van der Waals surface area contributed by atoms with Gasteiger partial charge < -0.3 is 19.8 Å². The zero-order valence-corrected chi connectivity index (χ0v) is 20.0. The van der Waals surface area contributed by atoms with Crippen molar-refractivity contribution in [2.75, 3.05) is 18.1 Å². The molecule has 39 heavy (non-hydrogen) atoms. The van der Waals surface area contributed by atoms with Gasteiger partial charge in [-0.1, -0.05) is 12.1 Å². The van der Waals surface area contributed by atoms with Crippen molar-refractivity contribution < 1.29 is 50.9 Å². The van der Waals surface area contributed by atoms with Gasteiger partial charge in [-0.05, 0) is 30.3 Å². The standard InChI is InChI=1S/C19H21N5O.2C2HF3O2/c1-3-8-20-17(5-1)15-25-14-16-11-23(19-6-2-4-9-21-19)13-18-7-10-22-24(18)12-16;2*3-2(4,5)1(6)7/h1-10,16H,11-15H2;2*(H,6,7). The minimum atomic E-state index is -5.08. The number of rotatable bonds is 5. The molecule has 0 fully saturated rings. The molecule has 1 aliphatic rings. The Bertz CT molecular complexity index is 1150. The zero-order valence-electron chi connectivity index (χ0n) is 20.0. The number of carbonyl (C=O) groups is 2. The van der Waals surface area contributed by atoms with E-state index in [4.69, 9.17) is 24.5 Å². The predicted octanol–water partition coefficient (Wildman–Crippen LogP) is 3.79. The van der Waals surface area contributed by atoms with E-state index >= 15 is 0 Å². The molecule has 0 aromatic carbocycles. The Morgan fingerprint density at radius 2 is 1.46 bits per heavy atom. The molecule has 10 nitrogen and oxygen atoms in total. The van der Waals surface area contributed by atoms with Crippen molar-refractivity contribution in [3.8, 4) is 0 Å². The molecule has 0 amide bonds. The largest absolute Gasteiger partial charge is 0.490 e. The Balaban J connectivity index is 0.000000317. The van der Waals surface area contributed by atoms with Crippen LogP contribution in [0.1, 0.15) is 11.4 Å². The van der Waals surface area contributed by atoms with E-state index in [0.29, 0.717) is 19.1 Å². The third kappa shape index (κ3) is 11.0. The summed E-state index contributed by atoms with van der Waals surface area (Å²) in [6.45, 7) is 3.76. The van der Waals surface area contributed by atoms with Crippen LogP contribution in [0.2, 0.25) is 0 Å². The highest BCUT2D eigenvalue weighted by molar-refractivity contribution is 5.73. The Morgan fingerprint density at radius 3 is 1.97 bits per heavy atom. The molecule has 0 bridgehead atoms. The summed E-state index contributed by atoms with van der Waals surface area (Å²) in [5.41, 5.74) is 2.16. The van der Waals surface area contributed by atoms with Crippen LogP contribution in [0.4, 0.5) is 32.2 Å². The van der Waals surface area contributed by atoms with Crippen molar-refractivity contribution in [2.45, 2.75) is 32.0 Å².